The van der Waals surface area contributed by atoms with Gasteiger partial charge >= 0.3 is 0 Å². The van der Waals surface area contributed by atoms with Gasteiger partial charge in [-0.3, -0.25) is 9.48 Å². The summed E-state index contributed by atoms with van der Waals surface area (Å²) in [6.45, 7) is 1.77. The Bertz CT molecular complexity index is 666. The summed E-state index contributed by atoms with van der Waals surface area (Å²) >= 11 is 0. The lowest BCUT2D eigenvalue weighted by molar-refractivity contribution is -0.0211. The predicted octanol–water partition coefficient (Wildman–Crippen LogP) is 1.51. The van der Waals surface area contributed by atoms with E-state index in [1.165, 1.54) is 5.56 Å². The number of hydrogen-bond donors (Lipinski definition) is 0. The van der Waals surface area contributed by atoms with Crippen molar-refractivity contribution in [2.75, 3.05) is 26.8 Å². The third-order valence-corrected chi connectivity index (χ3v) is 4.09. The van der Waals surface area contributed by atoms with Crippen molar-refractivity contribution in [1.82, 2.24) is 14.7 Å². The molecule has 1 amide bonds. The standard InChI is InChI=1S/C17H21N3O3/c1-19-16(7-8-18-19)17(21)20-9-10-23-15(12-20)11-13-3-5-14(22-2)6-4-13/h3-8,15H,9-12H2,1-2H3/t15-/m0/s1. The van der Waals surface area contributed by atoms with E-state index in [9.17, 15) is 4.79 Å². The number of carbonyl (C=O) groups excluding carboxylic acids is 1. The fourth-order valence-corrected chi connectivity index (χ4v) is 2.80. The first kappa shape index (κ1) is 15.6. The van der Waals surface area contributed by atoms with E-state index in [2.05, 4.69) is 5.10 Å². The van der Waals surface area contributed by atoms with Gasteiger partial charge in [0.25, 0.3) is 5.91 Å². The van der Waals surface area contributed by atoms with Gasteiger partial charge in [-0.25, -0.2) is 0 Å². The van der Waals surface area contributed by atoms with Gasteiger partial charge in [0.05, 0.1) is 19.8 Å². The molecule has 0 radical (unpaired) electrons. The molecule has 0 saturated carbocycles. The van der Waals surface area contributed by atoms with Crippen molar-refractivity contribution in [2.45, 2.75) is 12.5 Å². The highest BCUT2D eigenvalue weighted by Crippen LogP contribution is 2.17. The molecule has 6 nitrogen and oxygen atoms in total. The average molecular weight is 315 g/mol. The molecule has 23 heavy (non-hydrogen) atoms. The Hall–Kier alpha value is -2.34. The molecule has 122 valence electrons. The van der Waals surface area contributed by atoms with Gasteiger partial charge < -0.3 is 14.4 Å². The zero-order valence-corrected chi connectivity index (χ0v) is 13.4. The Morgan fingerprint density at radius 2 is 2.13 bits per heavy atom. The highest BCUT2D eigenvalue weighted by atomic mass is 16.5. The first-order valence-corrected chi connectivity index (χ1v) is 7.69. The maximum absolute atomic E-state index is 12.6. The fraction of sp³-hybridized carbons (Fsp3) is 0.412. The molecular formula is C17H21N3O3. The normalized spacial score (nSPS) is 18.0. The SMILES string of the molecule is COc1ccc(C[C@H]2CN(C(=O)c3ccnn3C)CCO2)cc1. The molecule has 2 heterocycles. The Morgan fingerprint density at radius 3 is 2.78 bits per heavy atom. The molecule has 2 aromatic rings. The summed E-state index contributed by atoms with van der Waals surface area (Å²) in [5, 5.41) is 4.06. The van der Waals surface area contributed by atoms with Crippen LogP contribution in [0.2, 0.25) is 0 Å². The van der Waals surface area contributed by atoms with Gasteiger partial charge in [0.1, 0.15) is 11.4 Å². The summed E-state index contributed by atoms with van der Waals surface area (Å²) in [7, 11) is 3.43. The zero-order valence-electron chi connectivity index (χ0n) is 13.4. The van der Waals surface area contributed by atoms with Crippen LogP contribution in [0.15, 0.2) is 36.5 Å². The second kappa shape index (κ2) is 6.83. The summed E-state index contributed by atoms with van der Waals surface area (Å²) in [4.78, 5) is 14.4. The van der Waals surface area contributed by atoms with E-state index in [0.29, 0.717) is 25.4 Å². The van der Waals surface area contributed by atoms with Crippen LogP contribution in [0.1, 0.15) is 16.1 Å². The van der Waals surface area contributed by atoms with Crippen LogP contribution in [0, 0.1) is 0 Å². The number of aryl methyl sites for hydroxylation is 1. The third kappa shape index (κ3) is 3.53. The van der Waals surface area contributed by atoms with Crippen LogP contribution in [0.5, 0.6) is 5.75 Å². The molecule has 1 aromatic heterocycles. The molecule has 1 aromatic carbocycles. The molecule has 1 atom stereocenters. The molecule has 1 aliphatic rings. The maximum Gasteiger partial charge on any atom is 0.272 e. The quantitative estimate of drug-likeness (QED) is 0.858. The number of benzene rings is 1. The van der Waals surface area contributed by atoms with Gasteiger partial charge in [-0.05, 0) is 23.8 Å². The van der Waals surface area contributed by atoms with E-state index in [1.54, 1.807) is 31.1 Å². The van der Waals surface area contributed by atoms with E-state index in [0.717, 1.165) is 12.2 Å². The van der Waals surface area contributed by atoms with Crippen LogP contribution < -0.4 is 4.74 Å². The number of rotatable bonds is 4. The number of aromatic nitrogens is 2. The molecule has 0 unspecified atom stereocenters. The van der Waals surface area contributed by atoms with Gasteiger partial charge in [0, 0.05) is 32.8 Å². The van der Waals surface area contributed by atoms with Crippen molar-refractivity contribution in [3.8, 4) is 5.75 Å². The molecule has 3 rings (SSSR count). The van der Waals surface area contributed by atoms with Crippen LogP contribution in [0.25, 0.3) is 0 Å². The number of carbonyl (C=O) groups is 1. The number of methoxy groups -OCH3 is 1. The molecule has 0 bridgehead atoms. The third-order valence-electron chi connectivity index (χ3n) is 4.09. The average Bonchev–Trinajstić information content (AvgIpc) is 3.01. The van der Waals surface area contributed by atoms with Crippen molar-refractivity contribution in [1.29, 1.82) is 0 Å². The van der Waals surface area contributed by atoms with Crippen LogP contribution in [0.3, 0.4) is 0 Å². The number of morpholine rings is 1. The van der Waals surface area contributed by atoms with Crippen LogP contribution in [-0.4, -0.2) is 53.5 Å². The molecule has 1 aliphatic heterocycles. The summed E-state index contributed by atoms with van der Waals surface area (Å²) in [5.74, 6) is 0.847. The highest BCUT2D eigenvalue weighted by molar-refractivity contribution is 5.92. The molecule has 1 fully saturated rings. The number of amides is 1. The molecule has 6 heteroatoms. The van der Waals surface area contributed by atoms with E-state index in [1.807, 2.05) is 29.2 Å². The van der Waals surface area contributed by atoms with Crippen molar-refractivity contribution >= 4 is 5.91 Å². The molecule has 0 spiro atoms. The molecule has 1 saturated heterocycles. The first-order chi connectivity index (χ1) is 11.2. The van der Waals surface area contributed by atoms with Crippen molar-refractivity contribution in [3.05, 3.63) is 47.8 Å². The van der Waals surface area contributed by atoms with Crippen molar-refractivity contribution in [2.24, 2.45) is 7.05 Å². The minimum atomic E-state index is 0.00744. The number of nitrogens with zero attached hydrogens (tertiary/aromatic N) is 3. The van der Waals surface area contributed by atoms with Gasteiger partial charge in [0.2, 0.25) is 0 Å². The number of ether oxygens (including phenoxy) is 2. The van der Waals surface area contributed by atoms with Crippen molar-refractivity contribution < 1.29 is 14.3 Å². The summed E-state index contributed by atoms with van der Waals surface area (Å²) in [6, 6.07) is 9.69. The van der Waals surface area contributed by atoms with Gasteiger partial charge in [-0.15, -0.1) is 0 Å². The minimum absolute atomic E-state index is 0.00744. The largest absolute Gasteiger partial charge is 0.497 e. The molecule has 0 N–H and O–H groups in total. The highest BCUT2D eigenvalue weighted by Gasteiger charge is 2.26. The topological polar surface area (TPSA) is 56.6 Å². The Morgan fingerprint density at radius 1 is 1.35 bits per heavy atom. The summed E-state index contributed by atoms with van der Waals surface area (Å²) in [5.41, 5.74) is 1.78. The summed E-state index contributed by atoms with van der Waals surface area (Å²) in [6.07, 6.45) is 2.43. The van der Waals surface area contributed by atoms with E-state index in [-0.39, 0.29) is 12.0 Å². The minimum Gasteiger partial charge on any atom is -0.497 e. The van der Waals surface area contributed by atoms with Gasteiger partial charge in [-0.2, -0.15) is 5.10 Å². The van der Waals surface area contributed by atoms with Crippen LogP contribution >= 0.6 is 0 Å². The van der Waals surface area contributed by atoms with Crippen LogP contribution in [0.4, 0.5) is 0 Å². The lowest BCUT2D eigenvalue weighted by Gasteiger charge is -2.33. The van der Waals surface area contributed by atoms with Crippen LogP contribution in [-0.2, 0) is 18.2 Å². The predicted molar refractivity (Wildman–Crippen MR) is 85.5 cm³/mol. The second-order valence-corrected chi connectivity index (χ2v) is 5.64. The van der Waals surface area contributed by atoms with Gasteiger partial charge in [0.15, 0.2) is 0 Å². The smallest absolute Gasteiger partial charge is 0.272 e. The Labute approximate surface area is 135 Å². The Kier molecular flexibility index (Phi) is 4.62. The Balaban J connectivity index is 1.63. The lowest BCUT2D eigenvalue weighted by atomic mass is 10.1. The van der Waals surface area contributed by atoms with E-state index < -0.39 is 0 Å². The maximum atomic E-state index is 12.6. The first-order valence-electron chi connectivity index (χ1n) is 7.69. The molecular weight excluding hydrogens is 294 g/mol. The summed E-state index contributed by atoms with van der Waals surface area (Å²) < 4.78 is 12.6. The fourth-order valence-electron chi connectivity index (χ4n) is 2.80. The van der Waals surface area contributed by atoms with Crippen molar-refractivity contribution in [3.63, 3.8) is 0 Å². The lowest BCUT2D eigenvalue weighted by Crippen LogP contribution is -2.46. The number of hydrogen-bond acceptors (Lipinski definition) is 4. The van der Waals surface area contributed by atoms with E-state index >= 15 is 0 Å². The van der Waals surface area contributed by atoms with Gasteiger partial charge in [-0.1, -0.05) is 12.1 Å². The van der Waals surface area contributed by atoms with E-state index in [4.69, 9.17) is 9.47 Å². The second-order valence-electron chi connectivity index (χ2n) is 5.64. The zero-order chi connectivity index (χ0) is 16.2. The molecule has 0 aliphatic carbocycles. The monoisotopic (exact) mass is 315 g/mol.